The van der Waals surface area contributed by atoms with E-state index < -0.39 is 0 Å². The van der Waals surface area contributed by atoms with Crippen LogP contribution in [0.4, 0.5) is 0 Å². The van der Waals surface area contributed by atoms with E-state index in [0.29, 0.717) is 17.9 Å². The molecule has 0 N–H and O–H groups in total. The predicted octanol–water partition coefficient (Wildman–Crippen LogP) is 2.54. The Hall–Kier alpha value is -0.970. The number of hydrogen-bond donors (Lipinski definition) is 0. The summed E-state index contributed by atoms with van der Waals surface area (Å²) in [4.78, 5) is 7.33. The Morgan fingerprint density at radius 1 is 1.24 bits per heavy atom. The van der Waals surface area contributed by atoms with Crippen LogP contribution >= 0.6 is 0 Å². The molecule has 0 aromatic carbocycles. The monoisotopic (exact) mass is 290 g/mol. The number of aromatic nitrogens is 1. The van der Waals surface area contributed by atoms with Crippen molar-refractivity contribution in [2.45, 2.75) is 44.7 Å². The highest BCUT2D eigenvalue weighted by molar-refractivity contribution is 5.29. The normalized spacial score (nSPS) is 23.0. The van der Waals surface area contributed by atoms with E-state index in [1.54, 1.807) is 0 Å². The fourth-order valence-electron chi connectivity index (χ4n) is 2.97. The van der Waals surface area contributed by atoms with Gasteiger partial charge in [-0.15, -0.1) is 0 Å². The van der Waals surface area contributed by atoms with Gasteiger partial charge in [-0.3, -0.25) is 9.88 Å². The molecule has 0 bridgehead atoms. The molecule has 1 aromatic heterocycles. The molecular formula is C17H26N2O2. The minimum Gasteiger partial charge on any atom is -0.381 e. The average Bonchev–Trinajstić information content (AvgIpc) is 2.90. The maximum absolute atomic E-state index is 5.57. The highest BCUT2D eigenvalue weighted by Crippen LogP contribution is 2.29. The second-order valence-electron chi connectivity index (χ2n) is 6.59. The van der Waals surface area contributed by atoms with Crippen LogP contribution in [0.5, 0.6) is 0 Å². The summed E-state index contributed by atoms with van der Waals surface area (Å²) in [5, 5.41) is 0. The molecule has 1 atom stereocenters. The van der Waals surface area contributed by atoms with Crippen molar-refractivity contribution in [3.8, 4) is 0 Å². The van der Waals surface area contributed by atoms with E-state index in [2.05, 4.69) is 37.9 Å². The predicted molar refractivity (Wildman–Crippen MR) is 82.6 cm³/mol. The highest BCUT2D eigenvalue weighted by atomic mass is 16.5. The third-order valence-corrected chi connectivity index (χ3v) is 4.63. The first kappa shape index (κ1) is 14.9. The number of nitrogens with zero attached hydrogens (tertiary/aromatic N) is 2. The van der Waals surface area contributed by atoms with E-state index in [1.807, 2.05) is 0 Å². The van der Waals surface area contributed by atoms with Crippen LogP contribution in [0.1, 0.15) is 49.1 Å². The molecule has 2 aliphatic rings. The summed E-state index contributed by atoms with van der Waals surface area (Å²) in [6.45, 7) is 8.72. The van der Waals surface area contributed by atoms with E-state index in [1.165, 1.54) is 17.0 Å². The van der Waals surface area contributed by atoms with Crippen molar-refractivity contribution in [2.24, 2.45) is 0 Å². The first-order chi connectivity index (χ1) is 10.1. The Balaban J connectivity index is 1.83. The van der Waals surface area contributed by atoms with Crippen LogP contribution in [0.15, 0.2) is 12.1 Å². The van der Waals surface area contributed by atoms with Gasteiger partial charge in [0, 0.05) is 24.8 Å². The van der Waals surface area contributed by atoms with Gasteiger partial charge in [-0.05, 0) is 31.0 Å². The van der Waals surface area contributed by atoms with Gasteiger partial charge in [-0.2, -0.15) is 0 Å². The largest absolute Gasteiger partial charge is 0.381 e. The lowest BCUT2D eigenvalue weighted by Crippen LogP contribution is -2.46. The van der Waals surface area contributed by atoms with E-state index in [0.717, 1.165) is 39.4 Å². The molecule has 0 unspecified atom stereocenters. The zero-order valence-corrected chi connectivity index (χ0v) is 13.3. The molecule has 2 aliphatic heterocycles. The van der Waals surface area contributed by atoms with E-state index in [4.69, 9.17) is 14.5 Å². The van der Waals surface area contributed by atoms with Crippen LogP contribution < -0.4 is 0 Å². The van der Waals surface area contributed by atoms with Gasteiger partial charge in [0.2, 0.25) is 0 Å². The maximum Gasteiger partial charge on any atom is 0.0645 e. The van der Waals surface area contributed by atoms with E-state index >= 15 is 0 Å². The van der Waals surface area contributed by atoms with Crippen molar-refractivity contribution < 1.29 is 9.47 Å². The number of pyridine rings is 1. The van der Waals surface area contributed by atoms with Crippen molar-refractivity contribution >= 4 is 0 Å². The molecule has 4 nitrogen and oxygen atoms in total. The van der Waals surface area contributed by atoms with Crippen molar-refractivity contribution in [1.82, 2.24) is 9.88 Å². The van der Waals surface area contributed by atoms with Crippen LogP contribution in [0.3, 0.4) is 0 Å². The average molecular weight is 290 g/mol. The Kier molecular flexibility index (Phi) is 4.57. The molecule has 21 heavy (non-hydrogen) atoms. The van der Waals surface area contributed by atoms with Gasteiger partial charge in [0.15, 0.2) is 0 Å². The second-order valence-corrected chi connectivity index (χ2v) is 6.59. The van der Waals surface area contributed by atoms with Gasteiger partial charge >= 0.3 is 0 Å². The third kappa shape index (κ3) is 3.28. The first-order valence-electron chi connectivity index (χ1n) is 8.00. The Bertz CT molecular complexity index is 480. The smallest absolute Gasteiger partial charge is 0.0645 e. The van der Waals surface area contributed by atoms with Crippen molar-refractivity contribution in [2.75, 3.05) is 33.5 Å². The number of hydrogen-bond acceptors (Lipinski definition) is 4. The van der Waals surface area contributed by atoms with Crippen LogP contribution in [-0.2, 0) is 16.0 Å². The van der Waals surface area contributed by atoms with E-state index in [9.17, 15) is 0 Å². The van der Waals surface area contributed by atoms with Crippen molar-refractivity contribution in [1.29, 1.82) is 0 Å². The lowest BCUT2D eigenvalue weighted by Gasteiger charge is -2.35. The quantitative estimate of drug-likeness (QED) is 0.834. The van der Waals surface area contributed by atoms with Gasteiger partial charge in [-0.25, -0.2) is 0 Å². The first-order valence-corrected chi connectivity index (χ1v) is 8.00. The van der Waals surface area contributed by atoms with Crippen LogP contribution in [-0.4, -0.2) is 49.4 Å². The number of likely N-dealkylation sites (N-methyl/N-ethyl adjacent to an activating group) is 1. The molecule has 2 saturated heterocycles. The van der Waals surface area contributed by atoms with Crippen molar-refractivity contribution in [3.05, 3.63) is 29.1 Å². The molecule has 0 amide bonds. The summed E-state index contributed by atoms with van der Waals surface area (Å²) >= 11 is 0. The molecule has 0 aliphatic carbocycles. The van der Waals surface area contributed by atoms with Gasteiger partial charge in [0.05, 0.1) is 31.6 Å². The van der Waals surface area contributed by atoms with Crippen LogP contribution in [0, 0.1) is 0 Å². The van der Waals surface area contributed by atoms with Gasteiger partial charge < -0.3 is 9.47 Å². The summed E-state index contributed by atoms with van der Waals surface area (Å²) in [5.74, 6) is 0.981. The second kappa shape index (κ2) is 6.42. The molecular weight excluding hydrogens is 264 g/mol. The molecule has 1 aromatic rings. The Morgan fingerprint density at radius 3 is 2.62 bits per heavy atom. The maximum atomic E-state index is 5.57. The van der Waals surface area contributed by atoms with Crippen LogP contribution in [0.25, 0.3) is 0 Å². The molecule has 0 saturated carbocycles. The summed E-state index contributed by atoms with van der Waals surface area (Å²) in [6.07, 6.45) is 1.12. The SMILES string of the molecule is CC(C)c1ccc([C@@H]2CCOC2)c(CN(C)C2COC2)n1. The minimum atomic E-state index is 0.468. The summed E-state index contributed by atoms with van der Waals surface area (Å²) in [7, 11) is 2.17. The zero-order chi connectivity index (χ0) is 14.8. The third-order valence-electron chi connectivity index (χ3n) is 4.63. The van der Waals surface area contributed by atoms with E-state index in [-0.39, 0.29) is 0 Å². The van der Waals surface area contributed by atoms with Gasteiger partial charge in [0.25, 0.3) is 0 Å². The molecule has 3 rings (SSSR count). The summed E-state index contributed by atoms with van der Waals surface area (Å²) < 4.78 is 10.9. The molecule has 4 heteroatoms. The highest BCUT2D eigenvalue weighted by Gasteiger charge is 2.26. The molecule has 116 valence electrons. The Morgan fingerprint density at radius 2 is 2.05 bits per heavy atom. The van der Waals surface area contributed by atoms with Crippen molar-refractivity contribution in [3.63, 3.8) is 0 Å². The van der Waals surface area contributed by atoms with Gasteiger partial charge in [-0.1, -0.05) is 19.9 Å². The lowest BCUT2D eigenvalue weighted by molar-refractivity contribution is -0.0590. The lowest BCUT2D eigenvalue weighted by atomic mass is 9.95. The van der Waals surface area contributed by atoms with Gasteiger partial charge in [0.1, 0.15) is 0 Å². The minimum absolute atomic E-state index is 0.468. The molecule has 0 radical (unpaired) electrons. The fourth-order valence-corrected chi connectivity index (χ4v) is 2.97. The standard InChI is InChI=1S/C17H26N2O2/c1-12(2)16-5-4-15(13-6-7-20-9-13)17(18-16)8-19(3)14-10-21-11-14/h4-5,12-14H,6-11H2,1-3H3/t13-/m1/s1. The molecule has 0 spiro atoms. The number of rotatable bonds is 5. The van der Waals surface area contributed by atoms with Crippen LogP contribution in [0.2, 0.25) is 0 Å². The topological polar surface area (TPSA) is 34.6 Å². The summed E-state index contributed by atoms with van der Waals surface area (Å²) in [5.41, 5.74) is 3.79. The zero-order valence-electron chi connectivity index (χ0n) is 13.3. The summed E-state index contributed by atoms with van der Waals surface area (Å²) in [6, 6.07) is 5.01. The molecule has 2 fully saturated rings. The number of ether oxygens (including phenoxy) is 2. The molecule has 3 heterocycles. The fraction of sp³-hybridized carbons (Fsp3) is 0.706. The Labute approximate surface area is 127 Å².